The summed E-state index contributed by atoms with van der Waals surface area (Å²) < 4.78 is 30.5. The predicted molar refractivity (Wildman–Crippen MR) is 199 cm³/mol. The number of carbonyl (C=O) groups is 4. The molecule has 1 fully saturated rings. The fourth-order valence-electron chi connectivity index (χ4n) is 4.74. The summed E-state index contributed by atoms with van der Waals surface area (Å²) in [6.45, 7) is 19.3. The summed E-state index contributed by atoms with van der Waals surface area (Å²) in [4.78, 5) is 65.2. The molecule has 0 unspecified atom stereocenters. The number of hydrogen-bond donors (Lipinski definition) is 1. The molecule has 0 radical (unpaired) electrons. The minimum Gasteiger partial charge on any atom is -0.462 e. The van der Waals surface area contributed by atoms with Gasteiger partial charge in [-0.2, -0.15) is 0 Å². The largest absolute Gasteiger partial charge is 0.462 e. The van der Waals surface area contributed by atoms with Crippen LogP contribution in [-0.2, 0) is 42.9 Å². The molecule has 0 aromatic heterocycles. The van der Waals surface area contributed by atoms with Gasteiger partial charge in [0.15, 0.2) is 24.5 Å². The highest BCUT2D eigenvalue weighted by molar-refractivity contribution is 5.78. The van der Waals surface area contributed by atoms with Gasteiger partial charge in [0.2, 0.25) is 0 Å². The molecule has 0 bridgehead atoms. The normalized spacial score (nSPS) is 21.1. The molecule has 1 N–H and O–H groups in total. The Bertz CT molecular complexity index is 1730. The number of rotatable bonds is 9. The smallest absolute Gasteiger partial charge is 0.311 e. The van der Waals surface area contributed by atoms with Crippen molar-refractivity contribution in [1.82, 2.24) is 5.32 Å². The Morgan fingerprint density at radius 2 is 1.22 bits per heavy atom. The van der Waals surface area contributed by atoms with E-state index in [4.69, 9.17) is 23.7 Å². The third kappa shape index (κ3) is 12.1. The van der Waals surface area contributed by atoms with Crippen LogP contribution < -0.4 is 5.32 Å². The first-order chi connectivity index (χ1) is 24.8. The molecule has 0 amide bonds. The number of nitro benzene ring substituents is 1. The van der Waals surface area contributed by atoms with Crippen molar-refractivity contribution in [2.45, 2.75) is 120 Å². The SMILES string of the molecule is CC(C)(C)C(=O)OC[C@H]1O[C@@H](N[C@@H](C#Cc2ccccc2)c2cccc([N+](=O)[O-])c2)[C@H](OC(=O)C(C)(C)C)[C@@H](OC(=O)C(C)(C)C)[C@@H]1OC(=O)C(C)(C)C. The van der Waals surface area contributed by atoms with Crippen molar-refractivity contribution < 1.29 is 47.8 Å². The van der Waals surface area contributed by atoms with Crippen molar-refractivity contribution in [3.05, 3.63) is 75.8 Å². The molecule has 0 aliphatic carbocycles. The highest BCUT2D eigenvalue weighted by Crippen LogP contribution is 2.35. The summed E-state index contributed by atoms with van der Waals surface area (Å²) in [5.41, 5.74) is -3.22. The van der Waals surface area contributed by atoms with Crippen LogP contribution in [0.5, 0.6) is 0 Å². The quantitative estimate of drug-likeness (QED) is 0.0977. The number of nitrogens with one attached hydrogen (secondary N) is 1. The lowest BCUT2D eigenvalue weighted by molar-refractivity contribution is -0.384. The first kappa shape index (κ1) is 43.6. The Morgan fingerprint density at radius 1 is 0.722 bits per heavy atom. The molecule has 13 heteroatoms. The average Bonchev–Trinajstić information content (AvgIpc) is 3.06. The molecule has 1 aliphatic heterocycles. The number of ether oxygens (including phenoxy) is 5. The summed E-state index contributed by atoms with van der Waals surface area (Å²) >= 11 is 0. The van der Waals surface area contributed by atoms with Crippen LogP contribution in [0.15, 0.2) is 54.6 Å². The number of non-ortho nitro benzene ring substituents is 1. The molecule has 2 aromatic carbocycles. The third-order valence-corrected chi connectivity index (χ3v) is 8.07. The highest BCUT2D eigenvalue weighted by atomic mass is 16.7. The molecule has 54 heavy (non-hydrogen) atoms. The van der Waals surface area contributed by atoms with Crippen LogP contribution in [0.4, 0.5) is 5.69 Å². The van der Waals surface area contributed by atoms with Gasteiger partial charge in [-0.3, -0.25) is 34.6 Å². The second-order valence-corrected chi connectivity index (χ2v) is 17.4. The Morgan fingerprint density at radius 3 is 1.72 bits per heavy atom. The van der Waals surface area contributed by atoms with Gasteiger partial charge in [0, 0.05) is 17.7 Å². The van der Waals surface area contributed by atoms with E-state index < -0.39 is 93.8 Å². The number of nitro groups is 1. The number of carbonyl (C=O) groups excluding carboxylic acids is 4. The van der Waals surface area contributed by atoms with Crippen LogP contribution in [-0.4, -0.2) is 66.1 Å². The lowest BCUT2D eigenvalue weighted by Crippen LogP contribution is -2.66. The molecule has 2 aromatic rings. The minimum atomic E-state index is -1.49. The van der Waals surface area contributed by atoms with Crippen molar-refractivity contribution >= 4 is 29.6 Å². The molecule has 1 heterocycles. The van der Waals surface area contributed by atoms with Crippen LogP contribution in [0.3, 0.4) is 0 Å². The van der Waals surface area contributed by atoms with Crippen LogP contribution in [0.1, 0.15) is 100 Å². The molecule has 3 rings (SSSR count). The second kappa shape index (κ2) is 17.1. The fourth-order valence-corrected chi connectivity index (χ4v) is 4.74. The number of esters is 4. The van der Waals surface area contributed by atoms with Gasteiger partial charge in [-0.25, -0.2) is 0 Å². The first-order valence-electron chi connectivity index (χ1n) is 17.8. The van der Waals surface area contributed by atoms with Crippen LogP contribution >= 0.6 is 0 Å². The van der Waals surface area contributed by atoms with E-state index in [1.807, 2.05) is 18.2 Å². The molecule has 294 valence electrons. The maximum Gasteiger partial charge on any atom is 0.311 e. The van der Waals surface area contributed by atoms with Gasteiger partial charge < -0.3 is 23.7 Å². The van der Waals surface area contributed by atoms with Gasteiger partial charge in [0.25, 0.3) is 5.69 Å². The standard InChI is InChI=1S/C41H54N2O11/c1-38(2,3)34(44)50-24-29-30(52-35(45)39(4,5)6)31(53-36(46)40(7,8)9)32(54-37(47)41(10,11)12)33(51-29)42-28(22-21-25-17-14-13-15-18-25)26-19-16-20-27(23-26)43(48)49/h13-20,23,28-33,42H,24H2,1-12H3/t28-,29+,30+,31-,32+,33+/m0/s1. The van der Waals surface area contributed by atoms with Crippen molar-refractivity contribution in [2.75, 3.05) is 6.61 Å². The van der Waals surface area contributed by atoms with E-state index in [0.717, 1.165) is 0 Å². The topological polar surface area (TPSA) is 170 Å². The van der Waals surface area contributed by atoms with Gasteiger partial charge in [-0.1, -0.05) is 42.2 Å². The highest BCUT2D eigenvalue weighted by Gasteiger charge is 2.55. The summed E-state index contributed by atoms with van der Waals surface area (Å²) in [7, 11) is 0. The Labute approximate surface area is 317 Å². The van der Waals surface area contributed by atoms with Gasteiger partial charge in [0.05, 0.1) is 32.6 Å². The van der Waals surface area contributed by atoms with E-state index in [9.17, 15) is 29.3 Å². The molecule has 1 aliphatic rings. The van der Waals surface area contributed by atoms with E-state index in [1.165, 1.54) is 18.2 Å². The Kier molecular flexibility index (Phi) is 13.8. The summed E-state index contributed by atoms with van der Waals surface area (Å²) in [6.07, 6.45) is -7.04. The molecule has 6 atom stereocenters. The maximum absolute atomic E-state index is 13.7. The van der Waals surface area contributed by atoms with Crippen molar-refractivity contribution in [2.24, 2.45) is 21.7 Å². The number of benzene rings is 2. The first-order valence-corrected chi connectivity index (χ1v) is 17.8. The molecular weight excluding hydrogens is 696 g/mol. The van der Waals surface area contributed by atoms with E-state index in [2.05, 4.69) is 17.2 Å². The van der Waals surface area contributed by atoms with Crippen molar-refractivity contribution in [3.63, 3.8) is 0 Å². The van der Waals surface area contributed by atoms with Crippen molar-refractivity contribution in [1.29, 1.82) is 0 Å². The lowest BCUT2D eigenvalue weighted by atomic mass is 9.92. The van der Waals surface area contributed by atoms with Crippen LogP contribution in [0.2, 0.25) is 0 Å². The molecule has 0 saturated carbocycles. The summed E-state index contributed by atoms with van der Waals surface area (Å²) in [5.74, 6) is 3.53. The summed E-state index contributed by atoms with van der Waals surface area (Å²) in [5, 5.41) is 15.1. The molecular formula is C41H54N2O11. The predicted octanol–water partition coefficient (Wildman–Crippen LogP) is 6.47. The average molecular weight is 751 g/mol. The van der Waals surface area contributed by atoms with Crippen LogP contribution in [0.25, 0.3) is 0 Å². The maximum atomic E-state index is 13.7. The fraction of sp³-hybridized carbons (Fsp3) is 0.561. The minimum absolute atomic E-state index is 0.195. The van der Waals surface area contributed by atoms with E-state index in [0.29, 0.717) is 11.1 Å². The molecule has 0 spiro atoms. The van der Waals surface area contributed by atoms with E-state index in [-0.39, 0.29) is 5.69 Å². The van der Waals surface area contributed by atoms with E-state index >= 15 is 0 Å². The zero-order valence-electron chi connectivity index (χ0n) is 33.3. The number of hydrogen-bond acceptors (Lipinski definition) is 12. The van der Waals surface area contributed by atoms with Crippen LogP contribution in [0, 0.1) is 43.6 Å². The zero-order chi connectivity index (χ0) is 40.8. The lowest BCUT2D eigenvalue weighted by Gasteiger charge is -2.46. The van der Waals surface area contributed by atoms with Gasteiger partial charge in [0.1, 0.15) is 12.7 Å². The second-order valence-electron chi connectivity index (χ2n) is 17.4. The van der Waals surface area contributed by atoms with Gasteiger partial charge >= 0.3 is 23.9 Å². The third-order valence-electron chi connectivity index (χ3n) is 8.07. The molecule has 13 nitrogen and oxygen atoms in total. The van der Waals surface area contributed by atoms with Crippen molar-refractivity contribution in [3.8, 4) is 11.8 Å². The van der Waals surface area contributed by atoms with Gasteiger partial charge in [-0.05, 0) is 101 Å². The zero-order valence-corrected chi connectivity index (χ0v) is 33.3. The number of nitrogens with zero attached hydrogens (tertiary/aromatic N) is 1. The van der Waals surface area contributed by atoms with Gasteiger partial charge in [-0.15, -0.1) is 0 Å². The monoisotopic (exact) mass is 750 g/mol. The Hall–Kier alpha value is -4.80. The molecule has 1 saturated heterocycles. The Balaban J connectivity index is 2.29. The van der Waals surface area contributed by atoms with E-state index in [1.54, 1.807) is 101 Å². The summed E-state index contributed by atoms with van der Waals surface area (Å²) in [6, 6.07) is 13.9.